The van der Waals surface area contributed by atoms with Gasteiger partial charge in [-0.15, -0.1) is 0 Å². The second-order valence-electron chi connectivity index (χ2n) is 7.54. The van der Waals surface area contributed by atoms with E-state index in [1.54, 1.807) is 36.4 Å². The van der Waals surface area contributed by atoms with Crippen LogP contribution in [0.3, 0.4) is 0 Å². The zero-order valence-corrected chi connectivity index (χ0v) is 19.9. The molecular weight excluding hydrogens is 475 g/mol. The highest BCUT2D eigenvalue weighted by molar-refractivity contribution is 6.42. The Balaban J connectivity index is 1.50. The molecule has 0 radical (unpaired) electrons. The maximum atomic E-state index is 12.8. The van der Waals surface area contributed by atoms with Gasteiger partial charge in [0, 0.05) is 0 Å². The van der Waals surface area contributed by atoms with Crippen molar-refractivity contribution in [2.24, 2.45) is 0 Å². The van der Waals surface area contributed by atoms with E-state index in [1.165, 1.54) is 4.90 Å². The van der Waals surface area contributed by atoms with Crippen LogP contribution < -0.4 is 14.8 Å². The van der Waals surface area contributed by atoms with Gasteiger partial charge in [-0.3, -0.25) is 9.69 Å². The second kappa shape index (κ2) is 10.6. The fraction of sp³-hybridized carbons (Fsp3) is 0.154. The quantitative estimate of drug-likeness (QED) is 0.303. The van der Waals surface area contributed by atoms with Crippen molar-refractivity contribution < 1.29 is 19.1 Å². The fourth-order valence-electron chi connectivity index (χ4n) is 3.44. The topological polar surface area (TPSA) is 67.9 Å². The molecule has 4 rings (SSSR count). The van der Waals surface area contributed by atoms with E-state index in [2.05, 4.69) is 5.32 Å². The average Bonchev–Trinajstić information content (AvgIpc) is 3.09. The van der Waals surface area contributed by atoms with Crippen molar-refractivity contribution in [3.05, 3.63) is 99.2 Å². The number of ether oxygens (including phenoxy) is 2. The van der Waals surface area contributed by atoms with Crippen molar-refractivity contribution in [3.63, 3.8) is 0 Å². The summed E-state index contributed by atoms with van der Waals surface area (Å²) in [5.74, 6) is 0.684. The Hall–Kier alpha value is -3.48. The molecule has 1 saturated heterocycles. The highest BCUT2D eigenvalue weighted by Crippen LogP contribution is 2.31. The Labute approximate surface area is 207 Å². The Bertz CT molecular complexity index is 1240. The number of halogens is 2. The first-order valence-electron chi connectivity index (χ1n) is 10.7. The highest BCUT2D eigenvalue weighted by atomic mass is 35.5. The van der Waals surface area contributed by atoms with Crippen LogP contribution in [-0.2, 0) is 17.9 Å². The van der Waals surface area contributed by atoms with Crippen LogP contribution in [0.2, 0.25) is 10.0 Å². The number of imide groups is 1. The number of hydrogen-bond donors (Lipinski definition) is 1. The van der Waals surface area contributed by atoms with Crippen LogP contribution in [0.25, 0.3) is 6.08 Å². The lowest BCUT2D eigenvalue weighted by atomic mass is 10.1. The molecule has 6 nitrogen and oxygen atoms in total. The summed E-state index contributed by atoms with van der Waals surface area (Å²) in [6, 6.07) is 19.5. The van der Waals surface area contributed by atoms with Gasteiger partial charge in [0.1, 0.15) is 12.3 Å². The Morgan fingerprint density at radius 2 is 1.68 bits per heavy atom. The summed E-state index contributed by atoms with van der Waals surface area (Å²) in [7, 11) is 0. The molecule has 3 aromatic carbocycles. The van der Waals surface area contributed by atoms with Crippen LogP contribution in [-0.4, -0.2) is 23.4 Å². The lowest BCUT2D eigenvalue weighted by Gasteiger charge is -2.13. The first-order valence-corrected chi connectivity index (χ1v) is 11.4. The first kappa shape index (κ1) is 23.7. The molecule has 1 aliphatic heterocycles. The summed E-state index contributed by atoms with van der Waals surface area (Å²) in [6.07, 6.45) is 1.62. The molecule has 0 aliphatic carbocycles. The molecule has 3 amide bonds. The Kier molecular flexibility index (Phi) is 7.40. The van der Waals surface area contributed by atoms with E-state index >= 15 is 0 Å². The lowest BCUT2D eigenvalue weighted by Crippen LogP contribution is -2.30. The minimum absolute atomic E-state index is 0.202. The summed E-state index contributed by atoms with van der Waals surface area (Å²) in [6.45, 7) is 2.79. The van der Waals surface area contributed by atoms with Gasteiger partial charge in [-0.2, -0.15) is 0 Å². The van der Waals surface area contributed by atoms with Crippen LogP contribution in [0.1, 0.15) is 23.6 Å². The number of hydrogen-bond acceptors (Lipinski definition) is 4. The van der Waals surface area contributed by atoms with Gasteiger partial charge in [-0.1, -0.05) is 65.7 Å². The monoisotopic (exact) mass is 496 g/mol. The second-order valence-corrected chi connectivity index (χ2v) is 8.36. The molecule has 1 N–H and O–H groups in total. The third-order valence-corrected chi connectivity index (χ3v) is 5.84. The molecule has 174 valence electrons. The minimum atomic E-state index is -0.452. The number of amides is 3. The first-order chi connectivity index (χ1) is 16.4. The lowest BCUT2D eigenvalue weighted by molar-refractivity contribution is -0.123. The molecular formula is C26H22Cl2N2O4. The SMILES string of the molecule is CCOc1cc(/C=C2/NC(=O)N(Cc3ccccc3)C2=O)ccc1OCc1ccc(Cl)c(Cl)c1. The van der Waals surface area contributed by atoms with E-state index in [9.17, 15) is 9.59 Å². The van der Waals surface area contributed by atoms with Crippen molar-refractivity contribution >= 4 is 41.2 Å². The number of nitrogens with zero attached hydrogens (tertiary/aromatic N) is 1. The van der Waals surface area contributed by atoms with Gasteiger partial charge >= 0.3 is 6.03 Å². The van der Waals surface area contributed by atoms with Gasteiger partial charge in [0.25, 0.3) is 5.91 Å². The molecule has 34 heavy (non-hydrogen) atoms. The minimum Gasteiger partial charge on any atom is -0.490 e. The maximum Gasteiger partial charge on any atom is 0.329 e. The molecule has 0 aromatic heterocycles. The van der Waals surface area contributed by atoms with Crippen molar-refractivity contribution in [1.29, 1.82) is 0 Å². The van der Waals surface area contributed by atoms with E-state index in [-0.39, 0.29) is 24.8 Å². The number of carbonyl (C=O) groups excluding carboxylic acids is 2. The van der Waals surface area contributed by atoms with Crippen molar-refractivity contribution in [1.82, 2.24) is 10.2 Å². The smallest absolute Gasteiger partial charge is 0.329 e. The van der Waals surface area contributed by atoms with Crippen LogP contribution in [0.15, 0.2) is 72.4 Å². The van der Waals surface area contributed by atoms with Crippen molar-refractivity contribution in [3.8, 4) is 11.5 Å². The fourth-order valence-corrected chi connectivity index (χ4v) is 3.76. The van der Waals surface area contributed by atoms with Gasteiger partial charge in [0.2, 0.25) is 0 Å². The van der Waals surface area contributed by atoms with Gasteiger partial charge < -0.3 is 14.8 Å². The third-order valence-electron chi connectivity index (χ3n) is 5.10. The Morgan fingerprint density at radius 3 is 2.41 bits per heavy atom. The maximum absolute atomic E-state index is 12.8. The average molecular weight is 497 g/mol. The van der Waals surface area contributed by atoms with Crippen LogP contribution in [0, 0.1) is 0 Å². The summed E-state index contributed by atoms with van der Waals surface area (Å²) in [4.78, 5) is 26.4. The zero-order chi connectivity index (χ0) is 24.1. The molecule has 0 atom stereocenters. The van der Waals surface area contributed by atoms with E-state index in [1.807, 2.05) is 43.3 Å². The number of nitrogens with one attached hydrogen (secondary N) is 1. The number of benzene rings is 3. The predicted octanol–water partition coefficient (Wildman–Crippen LogP) is 6.06. The molecule has 0 spiro atoms. The molecule has 1 aliphatic rings. The molecule has 0 saturated carbocycles. The summed E-state index contributed by atoms with van der Waals surface area (Å²) in [5, 5.41) is 3.59. The Morgan fingerprint density at radius 1 is 0.882 bits per heavy atom. The third kappa shape index (κ3) is 5.53. The normalized spacial score (nSPS) is 14.4. The van der Waals surface area contributed by atoms with E-state index in [0.717, 1.165) is 11.1 Å². The molecule has 1 heterocycles. The van der Waals surface area contributed by atoms with Gasteiger partial charge in [0.15, 0.2) is 11.5 Å². The van der Waals surface area contributed by atoms with Crippen LogP contribution in [0.5, 0.6) is 11.5 Å². The molecule has 3 aromatic rings. The molecule has 8 heteroatoms. The van der Waals surface area contributed by atoms with Crippen molar-refractivity contribution in [2.45, 2.75) is 20.1 Å². The molecule has 0 unspecified atom stereocenters. The van der Waals surface area contributed by atoms with E-state index in [4.69, 9.17) is 32.7 Å². The largest absolute Gasteiger partial charge is 0.490 e. The summed E-state index contributed by atoms with van der Waals surface area (Å²) < 4.78 is 11.7. The highest BCUT2D eigenvalue weighted by Gasteiger charge is 2.33. The van der Waals surface area contributed by atoms with Crippen LogP contribution >= 0.6 is 23.2 Å². The zero-order valence-electron chi connectivity index (χ0n) is 18.4. The predicted molar refractivity (Wildman–Crippen MR) is 132 cm³/mol. The molecule has 1 fully saturated rings. The van der Waals surface area contributed by atoms with Crippen molar-refractivity contribution in [2.75, 3.05) is 6.61 Å². The van der Waals surface area contributed by atoms with Gasteiger partial charge in [0.05, 0.1) is 23.2 Å². The number of rotatable bonds is 8. The summed E-state index contributed by atoms with van der Waals surface area (Å²) >= 11 is 12.0. The molecule has 0 bridgehead atoms. The van der Waals surface area contributed by atoms with E-state index in [0.29, 0.717) is 33.7 Å². The summed E-state index contributed by atoms with van der Waals surface area (Å²) in [5.41, 5.74) is 2.62. The standard InChI is InChI=1S/C26H22Cl2N2O4/c1-2-33-24-14-18(9-11-23(24)34-16-19-8-10-20(27)21(28)12-19)13-22-25(31)30(26(32)29-22)15-17-6-4-3-5-7-17/h3-14H,2,15-16H2,1H3,(H,29,32)/b22-13+. The van der Waals surface area contributed by atoms with E-state index < -0.39 is 6.03 Å². The number of urea groups is 1. The van der Waals surface area contributed by atoms with Gasteiger partial charge in [-0.05, 0) is 54.0 Å². The number of carbonyl (C=O) groups is 2. The van der Waals surface area contributed by atoms with Gasteiger partial charge in [-0.25, -0.2) is 4.79 Å². The van der Waals surface area contributed by atoms with Crippen LogP contribution in [0.4, 0.5) is 4.79 Å².